The largest absolute Gasteiger partial charge is 0.398 e. The number of ether oxygens (including phenoxy) is 1. The van der Waals surface area contributed by atoms with Gasteiger partial charge in [0.2, 0.25) is 10.0 Å². The molecule has 0 spiro atoms. The van der Waals surface area contributed by atoms with Gasteiger partial charge < -0.3 is 10.5 Å². The van der Waals surface area contributed by atoms with E-state index < -0.39 is 15.6 Å². The Morgan fingerprint density at radius 3 is 2.76 bits per heavy atom. The molecular formula is C14H22N2O3S2. The molecule has 1 aliphatic heterocycles. The average molecular weight is 330 g/mol. The van der Waals surface area contributed by atoms with Crippen LogP contribution in [0, 0.1) is 0 Å². The minimum atomic E-state index is -3.25. The van der Waals surface area contributed by atoms with Crippen molar-refractivity contribution in [3.63, 3.8) is 0 Å². The predicted octanol–water partition coefficient (Wildman–Crippen LogP) is 1.80. The lowest BCUT2D eigenvalue weighted by Crippen LogP contribution is -2.51. The number of hydrogen-bond donors (Lipinski definition) is 1. The molecule has 0 unspecified atom stereocenters. The topological polar surface area (TPSA) is 72.6 Å². The van der Waals surface area contributed by atoms with E-state index in [1.165, 1.54) is 16.1 Å². The summed E-state index contributed by atoms with van der Waals surface area (Å²) in [4.78, 5) is 0.926. The Morgan fingerprint density at radius 1 is 1.38 bits per heavy atom. The van der Waals surface area contributed by atoms with Gasteiger partial charge >= 0.3 is 0 Å². The van der Waals surface area contributed by atoms with Crippen LogP contribution in [0.3, 0.4) is 0 Å². The highest BCUT2D eigenvalue weighted by Gasteiger charge is 2.33. The monoisotopic (exact) mass is 330 g/mol. The number of nitrogens with two attached hydrogens (primary N) is 1. The second kappa shape index (κ2) is 6.56. The molecule has 0 aromatic heterocycles. The number of benzene rings is 1. The van der Waals surface area contributed by atoms with E-state index in [9.17, 15) is 8.42 Å². The van der Waals surface area contributed by atoms with E-state index in [2.05, 4.69) is 0 Å². The first kappa shape index (κ1) is 16.6. The lowest BCUT2D eigenvalue weighted by molar-refractivity contribution is -0.0639. The number of sulfonamides is 1. The number of hydrogen-bond acceptors (Lipinski definition) is 5. The molecule has 0 amide bonds. The van der Waals surface area contributed by atoms with Crippen molar-refractivity contribution in [2.75, 3.05) is 36.9 Å². The van der Waals surface area contributed by atoms with Crippen LogP contribution in [-0.2, 0) is 14.8 Å². The number of thioether (sulfide) groups is 1. The van der Waals surface area contributed by atoms with Crippen LogP contribution in [0.15, 0.2) is 29.2 Å². The predicted molar refractivity (Wildman–Crippen MR) is 87.0 cm³/mol. The Bertz CT molecular complexity index is 588. The Balaban J connectivity index is 1.91. The van der Waals surface area contributed by atoms with Crippen molar-refractivity contribution in [2.45, 2.75) is 24.3 Å². The minimum absolute atomic E-state index is 0.113. The molecule has 1 aromatic carbocycles. The molecule has 2 N–H and O–H groups in total. The van der Waals surface area contributed by atoms with Gasteiger partial charge in [-0.05, 0) is 26.0 Å². The van der Waals surface area contributed by atoms with Gasteiger partial charge in [0, 0.05) is 29.4 Å². The summed E-state index contributed by atoms with van der Waals surface area (Å²) in [6, 6.07) is 7.50. The molecule has 1 fully saturated rings. The van der Waals surface area contributed by atoms with Crippen LogP contribution in [0.1, 0.15) is 13.8 Å². The molecule has 118 valence electrons. The number of para-hydroxylation sites is 1. The van der Waals surface area contributed by atoms with E-state index in [4.69, 9.17) is 10.5 Å². The van der Waals surface area contributed by atoms with Crippen LogP contribution >= 0.6 is 11.8 Å². The maximum Gasteiger partial charge on any atom is 0.215 e. The Kier molecular flexibility index (Phi) is 5.19. The number of rotatable bonds is 5. The van der Waals surface area contributed by atoms with Crippen LogP contribution in [0.2, 0.25) is 0 Å². The number of nitrogen functional groups attached to an aromatic ring is 1. The Hall–Kier alpha value is -0.760. The van der Waals surface area contributed by atoms with E-state index in [0.717, 1.165) is 4.90 Å². The van der Waals surface area contributed by atoms with E-state index >= 15 is 0 Å². The van der Waals surface area contributed by atoms with Crippen molar-refractivity contribution >= 4 is 27.5 Å². The minimum Gasteiger partial charge on any atom is -0.398 e. The Labute approximate surface area is 130 Å². The van der Waals surface area contributed by atoms with E-state index in [0.29, 0.717) is 31.1 Å². The third-order valence-electron chi connectivity index (χ3n) is 3.30. The smallest absolute Gasteiger partial charge is 0.215 e. The van der Waals surface area contributed by atoms with Crippen LogP contribution < -0.4 is 5.73 Å². The maximum atomic E-state index is 12.4. The molecule has 1 aliphatic rings. The van der Waals surface area contributed by atoms with Gasteiger partial charge in [-0.15, -0.1) is 11.8 Å². The summed E-state index contributed by atoms with van der Waals surface area (Å²) in [7, 11) is -3.25. The van der Waals surface area contributed by atoms with E-state index in [1.54, 1.807) is 0 Å². The fourth-order valence-electron chi connectivity index (χ4n) is 2.21. The molecular weight excluding hydrogens is 308 g/mol. The van der Waals surface area contributed by atoms with Crippen molar-refractivity contribution in [2.24, 2.45) is 0 Å². The molecule has 1 heterocycles. The zero-order valence-electron chi connectivity index (χ0n) is 12.4. The molecule has 0 bridgehead atoms. The summed E-state index contributed by atoms with van der Waals surface area (Å²) < 4.78 is 31.8. The molecule has 21 heavy (non-hydrogen) atoms. The maximum absolute atomic E-state index is 12.4. The zero-order chi connectivity index (χ0) is 15.5. The zero-order valence-corrected chi connectivity index (χ0v) is 14.0. The second-order valence-corrected chi connectivity index (χ2v) is 8.87. The van der Waals surface area contributed by atoms with Gasteiger partial charge in [0.15, 0.2) is 0 Å². The van der Waals surface area contributed by atoms with Crippen LogP contribution in [0.25, 0.3) is 0 Å². The normalized spacial score (nSPS) is 19.5. The van der Waals surface area contributed by atoms with E-state index in [-0.39, 0.29) is 5.75 Å². The van der Waals surface area contributed by atoms with Crippen molar-refractivity contribution in [1.29, 1.82) is 0 Å². The van der Waals surface area contributed by atoms with E-state index in [1.807, 2.05) is 38.1 Å². The first-order valence-electron chi connectivity index (χ1n) is 6.89. The summed E-state index contributed by atoms with van der Waals surface area (Å²) in [6.45, 7) is 5.12. The van der Waals surface area contributed by atoms with Crippen molar-refractivity contribution in [1.82, 2.24) is 4.31 Å². The lowest BCUT2D eigenvalue weighted by Gasteiger charge is -2.37. The molecule has 5 nitrogen and oxygen atoms in total. The summed E-state index contributed by atoms with van der Waals surface area (Å²) >= 11 is 1.48. The molecule has 0 radical (unpaired) electrons. The van der Waals surface area contributed by atoms with Gasteiger partial charge in [0.1, 0.15) is 0 Å². The SMILES string of the molecule is CC1(C)CN(S(=O)(=O)CCSc2ccccc2N)CCO1. The quantitative estimate of drug-likeness (QED) is 0.658. The fourth-order valence-corrected chi connectivity index (χ4v) is 5.13. The molecule has 0 saturated carbocycles. The highest BCUT2D eigenvalue weighted by Crippen LogP contribution is 2.25. The summed E-state index contributed by atoms with van der Waals surface area (Å²) in [6.07, 6.45) is 0. The molecule has 0 atom stereocenters. The van der Waals surface area contributed by atoms with Gasteiger partial charge in [-0.2, -0.15) is 4.31 Å². The lowest BCUT2D eigenvalue weighted by atomic mass is 10.1. The Morgan fingerprint density at radius 2 is 2.10 bits per heavy atom. The van der Waals surface area contributed by atoms with Gasteiger partial charge in [-0.3, -0.25) is 0 Å². The van der Waals surface area contributed by atoms with Gasteiger partial charge in [0.05, 0.1) is 18.0 Å². The fraction of sp³-hybridized carbons (Fsp3) is 0.571. The first-order valence-corrected chi connectivity index (χ1v) is 9.49. The van der Waals surface area contributed by atoms with Crippen LogP contribution in [0.5, 0.6) is 0 Å². The highest BCUT2D eigenvalue weighted by atomic mass is 32.2. The molecule has 2 rings (SSSR count). The number of nitrogens with zero attached hydrogens (tertiary/aromatic N) is 1. The standard InChI is InChI=1S/C14H22N2O3S2/c1-14(2)11-16(7-8-19-14)21(17,18)10-9-20-13-6-4-3-5-12(13)15/h3-6H,7-11,15H2,1-2H3. The van der Waals surface area contributed by atoms with Crippen LogP contribution in [-0.4, -0.2) is 49.5 Å². The molecule has 1 aromatic rings. The van der Waals surface area contributed by atoms with Crippen molar-refractivity contribution in [3.8, 4) is 0 Å². The van der Waals surface area contributed by atoms with Gasteiger partial charge in [-0.25, -0.2) is 8.42 Å². The molecule has 0 aliphatic carbocycles. The first-order chi connectivity index (χ1) is 9.80. The second-order valence-electron chi connectivity index (χ2n) is 5.64. The third kappa shape index (κ3) is 4.60. The van der Waals surface area contributed by atoms with Crippen LogP contribution in [0.4, 0.5) is 5.69 Å². The molecule has 7 heteroatoms. The molecule has 1 saturated heterocycles. The summed E-state index contributed by atoms with van der Waals surface area (Å²) in [5.74, 6) is 0.608. The van der Waals surface area contributed by atoms with Crippen molar-refractivity contribution < 1.29 is 13.2 Å². The number of morpholine rings is 1. The third-order valence-corrected chi connectivity index (χ3v) is 6.47. The number of anilines is 1. The summed E-state index contributed by atoms with van der Waals surface area (Å²) in [5.41, 5.74) is 6.12. The highest BCUT2D eigenvalue weighted by molar-refractivity contribution is 8.00. The summed E-state index contributed by atoms with van der Waals surface area (Å²) in [5, 5.41) is 0. The van der Waals surface area contributed by atoms with Gasteiger partial charge in [-0.1, -0.05) is 12.1 Å². The average Bonchev–Trinajstić information content (AvgIpc) is 2.40. The van der Waals surface area contributed by atoms with Crippen molar-refractivity contribution in [3.05, 3.63) is 24.3 Å². The van der Waals surface area contributed by atoms with Gasteiger partial charge in [0.25, 0.3) is 0 Å².